The van der Waals surface area contributed by atoms with Crippen LogP contribution in [0.3, 0.4) is 0 Å². The highest BCUT2D eigenvalue weighted by atomic mass is 19.3. The van der Waals surface area contributed by atoms with E-state index in [9.17, 15) is 8.78 Å². The number of rotatable bonds is 4. The van der Waals surface area contributed by atoms with Gasteiger partial charge in [-0.1, -0.05) is 13.8 Å². The van der Waals surface area contributed by atoms with E-state index in [-0.39, 0.29) is 18.6 Å². The molecule has 3 saturated carbocycles. The van der Waals surface area contributed by atoms with Crippen LogP contribution in [0.4, 0.5) is 8.78 Å². The van der Waals surface area contributed by atoms with Gasteiger partial charge in [0.05, 0.1) is 18.1 Å². The minimum atomic E-state index is -2.50. The molecule has 0 radical (unpaired) electrons. The van der Waals surface area contributed by atoms with E-state index in [4.69, 9.17) is 4.74 Å². The van der Waals surface area contributed by atoms with E-state index in [0.29, 0.717) is 12.8 Å². The maximum absolute atomic E-state index is 13.9. The van der Waals surface area contributed by atoms with Gasteiger partial charge in [0, 0.05) is 5.41 Å². The molecule has 0 atom stereocenters. The second-order valence-corrected chi connectivity index (χ2v) is 5.88. The molecule has 0 unspecified atom stereocenters. The molecule has 0 aliphatic heterocycles. The van der Waals surface area contributed by atoms with Crippen molar-refractivity contribution < 1.29 is 13.5 Å². The molecule has 0 spiro atoms. The van der Waals surface area contributed by atoms with Gasteiger partial charge in [0.15, 0.2) is 0 Å². The minimum absolute atomic E-state index is 0.0461. The number of hydrogen-bond acceptors (Lipinski definition) is 1. The average molecular weight is 218 g/mol. The van der Waals surface area contributed by atoms with E-state index in [1.807, 2.05) is 27.7 Å². The van der Waals surface area contributed by atoms with Crippen molar-refractivity contribution >= 4 is 0 Å². The average Bonchev–Trinajstić information content (AvgIpc) is 2.00. The number of alkyl halides is 2. The molecular formula is C12H20F2O. The summed E-state index contributed by atoms with van der Waals surface area (Å²) in [4.78, 5) is 0. The van der Waals surface area contributed by atoms with Gasteiger partial charge in [-0.15, -0.1) is 0 Å². The summed E-state index contributed by atoms with van der Waals surface area (Å²) >= 11 is 0. The maximum Gasteiger partial charge on any atom is 0.261 e. The van der Waals surface area contributed by atoms with Gasteiger partial charge in [-0.25, -0.2) is 8.78 Å². The molecule has 0 aromatic rings. The summed E-state index contributed by atoms with van der Waals surface area (Å²) in [5, 5.41) is 0. The van der Waals surface area contributed by atoms with Crippen LogP contribution >= 0.6 is 0 Å². The zero-order valence-electron chi connectivity index (χ0n) is 9.94. The molecule has 3 heteroatoms. The number of hydrogen-bond donors (Lipinski definition) is 0. The van der Waals surface area contributed by atoms with Crippen molar-refractivity contribution in [2.75, 3.05) is 6.61 Å². The molecule has 0 heterocycles. The van der Waals surface area contributed by atoms with Crippen LogP contribution in [0, 0.1) is 16.7 Å². The molecule has 2 bridgehead atoms. The Morgan fingerprint density at radius 1 is 1.13 bits per heavy atom. The molecule has 3 aliphatic rings. The molecule has 0 amide bonds. The summed E-state index contributed by atoms with van der Waals surface area (Å²) < 4.78 is 33.2. The fourth-order valence-electron chi connectivity index (χ4n) is 3.20. The van der Waals surface area contributed by atoms with E-state index in [0.717, 1.165) is 0 Å². The first-order chi connectivity index (χ1) is 6.77. The van der Waals surface area contributed by atoms with Crippen molar-refractivity contribution in [3.05, 3.63) is 0 Å². The van der Waals surface area contributed by atoms with Gasteiger partial charge in [-0.05, 0) is 32.6 Å². The number of halogens is 2. The Hall–Kier alpha value is -0.180. The fourth-order valence-corrected chi connectivity index (χ4v) is 3.20. The molecule has 3 aliphatic carbocycles. The molecule has 3 rings (SSSR count). The molecule has 0 aromatic carbocycles. The summed E-state index contributed by atoms with van der Waals surface area (Å²) in [5.74, 6) is -2.42. The van der Waals surface area contributed by atoms with Gasteiger partial charge >= 0.3 is 0 Å². The van der Waals surface area contributed by atoms with Crippen LogP contribution in [0.1, 0.15) is 40.5 Å². The zero-order valence-corrected chi connectivity index (χ0v) is 9.94. The first kappa shape index (κ1) is 11.3. The Morgan fingerprint density at radius 3 is 2.00 bits per heavy atom. The minimum Gasteiger partial charge on any atom is -0.378 e. The summed E-state index contributed by atoms with van der Waals surface area (Å²) in [6.45, 7) is 7.82. The molecule has 15 heavy (non-hydrogen) atoms. The molecule has 0 aromatic heterocycles. The third-order valence-electron chi connectivity index (χ3n) is 4.40. The summed E-state index contributed by atoms with van der Waals surface area (Å²) in [7, 11) is 0. The Balaban J connectivity index is 2.01. The molecule has 0 saturated heterocycles. The van der Waals surface area contributed by atoms with Crippen molar-refractivity contribution in [1.29, 1.82) is 0 Å². The topological polar surface area (TPSA) is 9.23 Å². The van der Waals surface area contributed by atoms with Crippen molar-refractivity contribution in [3.63, 3.8) is 0 Å². The molecule has 0 N–H and O–H groups in total. The monoisotopic (exact) mass is 218 g/mol. The van der Waals surface area contributed by atoms with Crippen LogP contribution in [0.25, 0.3) is 0 Å². The van der Waals surface area contributed by atoms with E-state index in [1.165, 1.54) is 0 Å². The van der Waals surface area contributed by atoms with Crippen molar-refractivity contribution in [2.45, 2.75) is 52.6 Å². The van der Waals surface area contributed by atoms with Crippen LogP contribution < -0.4 is 0 Å². The smallest absolute Gasteiger partial charge is 0.261 e. The zero-order chi connectivity index (χ0) is 11.5. The van der Waals surface area contributed by atoms with Crippen LogP contribution in [0.5, 0.6) is 0 Å². The third kappa shape index (κ3) is 1.10. The summed E-state index contributed by atoms with van der Waals surface area (Å²) in [5.41, 5.74) is -1.52. The van der Waals surface area contributed by atoms with Crippen molar-refractivity contribution in [3.8, 4) is 0 Å². The fraction of sp³-hybridized carbons (Fsp3) is 1.00. The molecule has 1 nitrogen and oxygen atoms in total. The lowest BCUT2D eigenvalue weighted by Gasteiger charge is -2.77. The Morgan fingerprint density at radius 2 is 1.67 bits per heavy atom. The van der Waals surface area contributed by atoms with E-state index < -0.39 is 16.8 Å². The lowest BCUT2D eigenvalue weighted by Crippen LogP contribution is -2.82. The Labute approximate surface area is 90.2 Å². The molecular weight excluding hydrogens is 198 g/mol. The second-order valence-electron chi connectivity index (χ2n) is 5.88. The molecule has 3 fully saturated rings. The largest absolute Gasteiger partial charge is 0.378 e. The quantitative estimate of drug-likeness (QED) is 0.702. The van der Waals surface area contributed by atoms with E-state index >= 15 is 0 Å². The van der Waals surface area contributed by atoms with Crippen molar-refractivity contribution in [1.82, 2.24) is 0 Å². The first-order valence-corrected chi connectivity index (χ1v) is 5.77. The van der Waals surface area contributed by atoms with Crippen LogP contribution in [-0.4, -0.2) is 18.6 Å². The standard InChI is InChI=1S/C12H20F2O/c1-8(2)11-5-10(6-11,12(11,13)14)7-15-9(3)4/h8-9H,5-7H2,1-4H3. The van der Waals surface area contributed by atoms with Gasteiger partial charge in [-0.3, -0.25) is 0 Å². The highest BCUT2D eigenvalue weighted by Crippen LogP contribution is 2.83. The van der Waals surface area contributed by atoms with Gasteiger partial charge in [0.1, 0.15) is 0 Å². The predicted molar refractivity (Wildman–Crippen MR) is 55.0 cm³/mol. The molecule has 88 valence electrons. The Bertz CT molecular complexity index is 259. The van der Waals surface area contributed by atoms with Crippen LogP contribution in [0.2, 0.25) is 0 Å². The third-order valence-corrected chi connectivity index (χ3v) is 4.40. The first-order valence-electron chi connectivity index (χ1n) is 5.77. The van der Waals surface area contributed by atoms with Gasteiger partial charge < -0.3 is 4.74 Å². The van der Waals surface area contributed by atoms with E-state index in [2.05, 4.69) is 0 Å². The lowest BCUT2D eigenvalue weighted by molar-refractivity contribution is -0.437. The lowest BCUT2D eigenvalue weighted by atomic mass is 9.30. The van der Waals surface area contributed by atoms with Gasteiger partial charge in [0.2, 0.25) is 0 Å². The van der Waals surface area contributed by atoms with Gasteiger partial charge in [-0.2, -0.15) is 0 Å². The predicted octanol–water partition coefficient (Wildman–Crippen LogP) is 3.48. The normalized spacial score (nSPS) is 41.6. The Kier molecular flexibility index (Phi) is 2.21. The summed E-state index contributed by atoms with van der Waals surface area (Å²) in [6, 6.07) is 0. The SMILES string of the molecule is CC(C)OCC12CC(C(C)C)(C1)C2(F)F. The summed E-state index contributed by atoms with van der Waals surface area (Å²) in [6.07, 6.45) is 1.35. The maximum atomic E-state index is 13.9. The number of ether oxygens (including phenoxy) is 1. The van der Waals surface area contributed by atoms with Gasteiger partial charge in [0.25, 0.3) is 5.92 Å². The highest BCUT2D eigenvalue weighted by molar-refractivity contribution is 5.29. The second kappa shape index (κ2) is 2.93. The van der Waals surface area contributed by atoms with Crippen LogP contribution in [-0.2, 0) is 4.74 Å². The van der Waals surface area contributed by atoms with Crippen molar-refractivity contribution in [2.24, 2.45) is 16.7 Å². The highest BCUT2D eigenvalue weighted by Gasteiger charge is 2.88. The van der Waals surface area contributed by atoms with E-state index in [1.54, 1.807) is 0 Å². The van der Waals surface area contributed by atoms with Crippen LogP contribution in [0.15, 0.2) is 0 Å².